The summed E-state index contributed by atoms with van der Waals surface area (Å²) in [7, 11) is -5.88. The molecule has 0 amide bonds. The summed E-state index contributed by atoms with van der Waals surface area (Å²) in [4.78, 5) is 11.6. The van der Waals surface area contributed by atoms with Crippen molar-refractivity contribution < 1.29 is 31.3 Å². The Bertz CT molecular complexity index is 786. The van der Waals surface area contributed by atoms with Crippen molar-refractivity contribution in [2.24, 2.45) is 0 Å². The highest BCUT2D eigenvalue weighted by Crippen LogP contribution is 2.22. The van der Waals surface area contributed by atoms with Gasteiger partial charge < -0.3 is 9.29 Å². The molecule has 0 radical (unpaired) electrons. The van der Waals surface area contributed by atoms with E-state index in [4.69, 9.17) is 0 Å². The van der Waals surface area contributed by atoms with Crippen LogP contribution >= 0.6 is 0 Å². The maximum absolute atomic E-state index is 12.9. The smallest absolute Gasteiger partial charge is 0.367 e. The standard InChI is InChI=1S/C13H10F2O5S/c14-13(15,21(17,18)19)8-20-12(16)11-6-5-9-3-1-2-4-10(9)7-11/h1-7H,8H2,(H,17,18,19)/p-1. The highest BCUT2D eigenvalue weighted by molar-refractivity contribution is 7.86. The van der Waals surface area contributed by atoms with Crippen molar-refractivity contribution >= 4 is 26.9 Å². The van der Waals surface area contributed by atoms with Gasteiger partial charge in [-0.2, -0.15) is 8.78 Å². The van der Waals surface area contributed by atoms with Crippen molar-refractivity contribution in [2.75, 3.05) is 6.61 Å². The van der Waals surface area contributed by atoms with Crippen molar-refractivity contribution in [1.29, 1.82) is 0 Å². The molecule has 0 heterocycles. The van der Waals surface area contributed by atoms with Gasteiger partial charge in [-0.1, -0.05) is 30.3 Å². The number of esters is 1. The van der Waals surface area contributed by atoms with E-state index in [0.29, 0.717) is 5.39 Å². The largest absolute Gasteiger partial charge is 0.743 e. The predicted molar refractivity (Wildman–Crippen MR) is 68.9 cm³/mol. The Hall–Kier alpha value is -2.06. The average Bonchev–Trinajstić information content (AvgIpc) is 2.43. The van der Waals surface area contributed by atoms with Crippen molar-refractivity contribution in [3.05, 3.63) is 48.0 Å². The molecule has 0 saturated heterocycles. The van der Waals surface area contributed by atoms with Crippen molar-refractivity contribution in [1.82, 2.24) is 0 Å². The lowest BCUT2D eigenvalue weighted by molar-refractivity contribution is -0.00995. The van der Waals surface area contributed by atoms with Crippen molar-refractivity contribution in [3.63, 3.8) is 0 Å². The number of benzene rings is 2. The fourth-order valence-corrected chi connectivity index (χ4v) is 1.82. The van der Waals surface area contributed by atoms with Gasteiger partial charge in [-0.25, -0.2) is 13.2 Å². The number of alkyl halides is 2. The second-order valence-electron chi connectivity index (χ2n) is 4.23. The first-order chi connectivity index (χ1) is 9.71. The predicted octanol–water partition coefficient (Wildman–Crippen LogP) is 2.13. The number of rotatable bonds is 4. The Labute approximate surface area is 118 Å². The molecule has 0 saturated carbocycles. The average molecular weight is 315 g/mol. The van der Waals surface area contributed by atoms with Gasteiger partial charge in [0, 0.05) is 0 Å². The van der Waals surface area contributed by atoms with E-state index in [1.54, 1.807) is 30.3 Å². The minimum Gasteiger partial charge on any atom is -0.743 e. The summed E-state index contributed by atoms with van der Waals surface area (Å²) in [6, 6.07) is 11.4. The zero-order valence-corrected chi connectivity index (χ0v) is 11.3. The van der Waals surface area contributed by atoms with E-state index in [-0.39, 0.29) is 5.56 Å². The quantitative estimate of drug-likeness (QED) is 0.637. The lowest BCUT2D eigenvalue weighted by atomic mass is 10.1. The first kappa shape index (κ1) is 15.3. The van der Waals surface area contributed by atoms with Crippen LogP contribution in [0, 0.1) is 0 Å². The molecular weight excluding hydrogens is 306 g/mol. The van der Waals surface area contributed by atoms with Gasteiger partial charge in [0.25, 0.3) is 0 Å². The summed E-state index contributed by atoms with van der Waals surface area (Å²) in [6.07, 6.45) is 0. The summed E-state index contributed by atoms with van der Waals surface area (Å²) in [5.74, 6) is -1.14. The molecule has 2 rings (SSSR count). The van der Waals surface area contributed by atoms with Gasteiger partial charge in [0.15, 0.2) is 16.7 Å². The van der Waals surface area contributed by atoms with Gasteiger partial charge in [0.1, 0.15) is 0 Å². The third-order valence-electron chi connectivity index (χ3n) is 2.72. The van der Waals surface area contributed by atoms with Crippen LogP contribution in [0.15, 0.2) is 42.5 Å². The van der Waals surface area contributed by atoms with E-state index in [1.165, 1.54) is 12.1 Å². The fraction of sp³-hybridized carbons (Fsp3) is 0.154. The van der Waals surface area contributed by atoms with E-state index in [0.717, 1.165) is 5.39 Å². The van der Waals surface area contributed by atoms with Crippen LogP contribution in [-0.2, 0) is 14.9 Å². The molecule has 5 nitrogen and oxygen atoms in total. The molecule has 112 valence electrons. The number of fused-ring (bicyclic) bond motifs is 1. The minimum atomic E-state index is -5.88. The Morgan fingerprint density at radius 1 is 1.14 bits per heavy atom. The normalized spacial score (nSPS) is 12.3. The Morgan fingerprint density at radius 2 is 1.76 bits per heavy atom. The molecule has 0 unspecified atom stereocenters. The third-order valence-corrected chi connectivity index (χ3v) is 3.57. The zero-order chi connectivity index (χ0) is 15.7. The monoisotopic (exact) mass is 315 g/mol. The van der Waals surface area contributed by atoms with E-state index in [1.807, 2.05) is 0 Å². The maximum Gasteiger partial charge on any atom is 0.367 e. The summed E-state index contributed by atoms with van der Waals surface area (Å²) in [5.41, 5.74) is -0.0206. The van der Waals surface area contributed by atoms with Gasteiger partial charge in [0.05, 0.1) is 5.56 Å². The molecule has 0 aliphatic carbocycles. The molecule has 2 aromatic rings. The summed E-state index contributed by atoms with van der Waals surface area (Å²) >= 11 is 0. The Balaban J connectivity index is 2.16. The molecular formula is C13H9F2O5S-. The zero-order valence-electron chi connectivity index (χ0n) is 10.5. The molecule has 0 atom stereocenters. The van der Waals surface area contributed by atoms with Gasteiger partial charge >= 0.3 is 11.2 Å². The molecule has 0 aromatic heterocycles. The lowest BCUT2D eigenvalue weighted by Crippen LogP contribution is -2.34. The van der Waals surface area contributed by atoms with Gasteiger partial charge in [-0.3, -0.25) is 0 Å². The summed E-state index contributed by atoms with van der Waals surface area (Å²) in [6.45, 7) is -1.81. The van der Waals surface area contributed by atoms with Crippen LogP contribution in [0.25, 0.3) is 10.8 Å². The number of ether oxygens (including phenoxy) is 1. The first-order valence-electron chi connectivity index (χ1n) is 5.70. The molecule has 0 N–H and O–H groups in total. The van der Waals surface area contributed by atoms with Crippen LogP contribution in [0.1, 0.15) is 10.4 Å². The fourth-order valence-electron chi connectivity index (χ4n) is 1.62. The highest BCUT2D eigenvalue weighted by atomic mass is 32.2. The second kappa shape index (κ2) is 5.38. The molecule has 0 aliphatic heterocycles. The molecule has 0 aliphatic rings. The lowest BCUT2D eigenvalue weighted by Gasteiger charge is -2.19. The second-order valence-corrected chi connectivity index (χ2v) is 5.74. The minimum absolute atomic E-state index is 0.0206. The van der Waals surface area contributed by atoms with E-state index in [2.05, 4.69) is 4.74 Å². The van der Waals surface area contributed by atoms with Gasteiger partial charge in [-0.05, 0) is 22.9 Å². The van der Waals surface area contributed by atoms with E-state index in [9.17, 15) is 26.5 Å². The van der Waals surface area contributed by atoms with Crippen LogP contribution < -0.4 is 0 Å². The number of carbonyl (C=O) groups is 1. The van der Waals surface area contributed by atoms with Crippen molar-refractivity contribution in [3.8, 4) is 0 Å². The third kappa shape index (κ3) is 3.34. The molecule has 21 heavy (non-hydrogen) atoms. The highest BCUT2D eigenvalue weighted by Gasteiger charge is 2.39. The van der Waals surface area contributed by atoms with Crippen LogP contribution in [0.2, 0.25) is 0 Å². The molecule has 8 heteroatoms. The number of halogens is 2. The van der Waals surface area contributed by atoms with Crippen molar-refractivity contribution in [2.45, 2.75) is 5.25 Å². The molecule has 2 aromatic carbocycles. The van der Waals surface area contributed by atoms with Crippen LogP contribution in [0.3, 0.4) is 0 Å². The Morgan fingerprint density at radius 3 is 2.38 bits per heavy atom. The Kier molecular flexibility index (Phi) is 3.93. The summed E-state index contributed by atoms with van der Waals surface area (Å²) < 4.78 is 60.8. The number of hydrogen-bond donors (Lipinski definition) is 0. The first-order valence-corrected chi connectivity index (χ1v) is 7.11. The van der Waals surface area contributed by atoms with E-state index >= 15 is 0 Å². The summed E-state index contributed by atoms with van der Waals surface area (Å²) in [5, 5.41) is -3.13. The van der Waals surface area contributed by atoms with Crippen LogP contribution in [0.5, 0.6) is 0 Å². The van der Waals surface area contributed by atoms with Crippen LogP contribution in [-0.4, -0.2) is 30.8 Å². The number of hydrogen-bond acceptors (Lipinski definition) is 5. The van der Waals surface area contributed by atoms with Gasteiger partial charge in [-0.15, -0.1) is 0 Å². The van der Waals surface area contributed by atoms with E-state index < -0.39 is 27.9 Å². The SMILES string of the molecule is O=C(OCC(F)(F)S(=O)(=O)[O-])c1ccc2ccccc2c1. The van der Waals surface area contributed by atoms with Crippen LogP contribution in [0.4, 0.5) is 8.78 Å². The number of carbonyl (C=O) groups excluding carboxylic acids is 1. The maximum atomic E-state index is 12.9. The molecule has 0 bridgehead atoms. The molecule has 0 spiro atoms. The molecule has 0 fully saturated rings. The topological polar surface area (TPSA) is 83.5 Å². The van der Waals surface area contributed by atoms with Gasteiger partial charge in [0.2, 0.25) is 0 Å².